The van der Waals surface area contributed by atoms with E-state index in [0.29, 0.717) is 30.2 Å². The van der Waals surface area contributed by atoms with E-state index in [-0.39, 0.29) is 18.4 Å². The van der Waals surface area contributed by atoms with Gasteiger partial charge in [0.2, 0.25) is 11.8 Å². The summed E-state index contributed by atoms with van der Waals surface area (Å²) in [6.07, 6.45) is 0.682. The largest absolute Gasteiger partial charge is 0.497 e. The second-order valence-electron chi connectivity index (χ2n) is 6.09. The number of carbonyl (C=O) groups excluding carboxylic acids is 2. The van der Waals surface area contributed by atoms with E-state index in [0.717, 1.165) is 11.3 Å². The van der Waals surface area contributed by atoms with E-state index in [4.69, 9.17) is 14.2 Å². The molecule has 7 heteroatoms. The predicted octanol–water partition coefficient (Wildman–Crippen LogP) is 2.42. The van der Waals surface area contributed by atoms with Crippen molar-refractivity contribution < 1.29 is 23.8 Å². The lowest BCUT2D eigenvalue weighted by Gasteiger charge is -2.23. The number of hydrogen-bond donors (Lipinski definition) is 1. The van der Waals surface area contributed by atoms with E-state index in [2.05, 4.69) is 5.32 Å². The fourth-order valence-electron chi connectivity index (χ4n) is 2.71. The zero-order valence-corrected chi connectivity index (χ0v) is 16.7. The van der Waals surface area contributed by atoms with Crippen LogP contribution in [0.1, 0.15) is 12.5 Å². The maximum atomic E-state index is 12.4. The second-order valence-corrected chi connectivity index (χ2v) is 6.09. The van der Waals surface area contributed by atoms with Gasteiger partial charge < -0.3 is 19.5 Å². The van der Waals surface area contributed by atoms with Crippen LogP contribution in [0.25, 0.3) is 0 Å². The van der Waals surface area contributed by atoms with Crippen LogP contribution >= 0.6 is 0 Å². The molecule has 0 aliphatic heterocycles. The van der Waals surface area contributed by atoms with Crippen LogP contribution in [0.3, 0.4) is 0 Å². The summed E-state index contributed by atoms with van der Waals surface area (Å²) in [4.78, 5) is 25.8. The third-order valence-corrected chi connectivity index (χ3v) is 4.25. The lowest BCUT2D eigenvalue weighted by molar-refractivity contribution is -0.123. The second kappa shape index (κ2) is 10.2. The Hall–Kier alpha value is -3.22. The molecule has 1 N–H and O–H groups in total. The first-order chi connectivity index (χ1) is 13.5. The van der Waals surface area contributed by atoms with E-state index >= 15 is 0 Å². The summed E-state index contributed by atoms with van der Waals surface area (Å²) >= 11 is 0. The molecule has 0 spiro atoms. The maximum absolute atomic E-state index is 12.4. The van der Waals surface area contributed by atoms with E-state index in [1.165, 1.54) is 18.9 Å². The molecule has 2 aromatic carbocycles. The molecule has 0 aliphatic rings. The maximum Gasteiger partial charge on any atom is 0.240 e. The topological polar surface area (TPSA) is 77.1 Å². The summed E-state index contributed by atoms with van der Waals surface area (Å²) in [5.41, 5.74) is 1.60. The van der Waals surface area contributed by atoms with Crippen LogP contribution in [0.2, 0.25) is 0 Å². The summed E-state index contributed by atoms with van der Waals surface area (Å²) in [5, 5.41) is 2.85. The van der Waals surface area contributed by atoms with Gasteiger partial charge in [0.25, 0.3) is 0 Å². The summed E-state index contributed by atoms with van der Waals surface area (Å²) in [6.45, 7) is 1.78. The normalized spacial score (nSPS) is 10.1. The molecule has 0 aliphatic carbocycles. The highest BCUT2D eigenvalue weighted by molar-refractivity contribution is 5.98. The zero-order valence-electron chi connectivity index (χ0n) is 16.7. The smallest absolute Gasteiger partial charge is 0.240 e. The molecule has 0 fully saturated rings. The quantitative estimate of drug-likeness (QED) is 0.716. The van der Waals surface area contributed by atoms with E-state index in [1.807, 2.05) is 24.3 Å². The van der Waals surface area contributed by atoms with Gasteiger partial charge in [0, 0.05) is 19.5 Å². The van der Waals surface area contributed by atoms with Gasteiger partial charge in [-0.3, -0.25) is 14.5 Å². The molecule has 0 atom stereocenters. The lowest BCUT2D eigenvalue weighted by atomic mass is 10.1. The van der Waals surface area contributed by atoms with Crippen molar-refractivity contribution in [1.29, 1.82) is 0 Å². The van der Waals surface area contributed by atoms with Crippen molar-refractivity contribution in [2.45, 2.75) is 13.3 Å². The first-order valence-corrected chi connectivity index (χ1v) is 8.88. The summed E-state index contributed by atoms with van der Waals surface area (Å²) < 4.78 is 15.6. The minimum Gasteiger partial charge on any atom is -0.497 e. The fraction of sp³-hybridized carbons (Fsp3) is 0.333. The molecule has 0 saturated heterocycles. The highest BCUT2D eigenvalue weighted by atomic mass is 16.5. The van der Waals surface area contributed by atoms with E-state index in [1.54, 1.807) is 32.4 Å². The van der Waals surface area contributed by atoms with Crippen LogP contribution in [0.5, 0.6) is 17.2 Å². The Kier molecular flexibility index (Phi) is 7.68. The number of methoxy groups -OCH3 is 3. The molecule has 0 saturated carbocycles. The molecule has 0 unspecified atom stereocenters. The molecule has 0 heterocycles. The SMILES string of the molecule is COc1ccc(CCNC(=O)CN(C(C)=O)c2ccc(OC)cc2OC)cc1. The molecule has 2 rings (SSSR count). The fourth-order valence-corrected chi connectivity index (χ4v) is 2.71. The Bertz CT molecular complexity index is 805. The number of rotatable bonds is 9. The number of benzene rings is 2. The van der Waals surface area contributed by atoms with Gasteiger partial charge in [0.05, 0.1) is 27.0 Å². The van der Waals surface area contributed by atoms with Gasteiger partial charge in [-0.1, -0.05) is 12.1 Å². The van der Waals surface area contributed by atoms with Gasteiger partial charge in [-0.15, -0.1) is 0 Å². The number of carbonyl (C=O) groups is 2. The molecule has 2 amide bonds. The third-order valence-electron chi connectivity index (χ3n) is 4.25. The highest BCUT2D eigenvalue weighted by Crippen LogP contribution is 2.32. The average molecular weight is 386 g/mol. The van der Waals surface area contributed by atoms with Gasteiger partial charge in [0.15, 0.2) is 0 Å². The monoisotopic (exact) mass is 386 g/mol. The highest BCUT2D eigenvalue weighted by Gasteiger charge is 2.20. The van der Waals surface area contributed by atoms with Crippen molar-refractivity contribution in [2.75, 3.05) is 39.3 Å². The average Bonchev–Trinajstić information content (AvgIpc) is 2.72. The predicted molar refractivity (Wildman–Crippen MR) is 107 cm³/mol. The lowest BCUT2D eigenvalue weighted by Crippen LogP contribution is -2.40. The van der Waals surface area contributed by atoms with Crippen LogP contribution in [-0.4, -0.2) is 46.2 Å². The summed E-state index contributed by atoms with van der Waals surface area (Å²) in [7, 11) is 4.67. The molecule has 7 nitrogen and oxygen atoms in total. The Morgan fingerprint density at radius 1 is 0.929 bits per heavy atom. The van der Waals surface area contributed by atoms with Crippen molar-refractivity contribution in [3.05, 3.63) is 48.0 Å². The molecular formula is C21H26N2O5. The van der Waals surface area contributed by atoms with Gasteiger partial charge in [-0.2, -0.15) is 0 Å². The Balaban J connectivity index is 1.98. The molecule has 28 heavy (non-hydrogen) atoms. The van der Waals surface area contributed by atoms with Crippen molar-refractivity contribution >= 4 is 17.5 Å². The number of nitrogens with one attached hydrogen (secondary N) is 1. The van der Waals surface area contributed by atoms with Gasteiger partial charge in [-0.05, 0) is 36.2 Å². The van der Waals surface area contributed by atoms with Crippen molar-refractivity contribution in [3.63, 3.8) is 0 Å². The summed E-state index contributed by atoms with van der Waals surface area (Å²) in [6, 6.07) is 12.8. The molecule has 0 bridgehead atoms. The Labute approximate surface area is 165 Å². The number of anilines is 1. The van der Waals surface area contributed by atoms with E-state index in [9.17, 15) is 9.59 Å². The minimum absolute atomic E-state index is 0.0966. The van der Waals surface area contributed by atoms with E-state index < -0.39 is 0 Å². The number of ether oxygens (including phenoxy) is 3. The van der Waals surface area contributed by atoms with Crippen LogP contribution in [0.15, 0.2) is 42.5 Å². The summed E-state index contributed by atoms with van der Waals surface area (Å²) in [5.74, 6) is 1.35. The van der Waals surface area contributed by atoms with Crippen molar-refractivity contribution in [3.8, 4) is 17.2 Å². The van der Waals surface area contributed by atoms with Crippen molar-refractivity contribution in [1.82, 2.24) is 5.32 Å². The number of nitrogens with zero attached hydrogens (tertiary/aromatic N) is 1. The van der Waals surface area contributed by atoms with Gasteiger partial charge >= 0.3 is 0 Å². The molecule has 0 radical (unpaired) electrons. The molecule has 150 valence electrons. The van der Waals surface area contributed by atoms with Crippen LogP contribution < -0.4 is 24.4 Å². The number of hydrogen-bond acceptors (Lipinski definition) is 5. The van der Waals surface area contributed by atoms with Gasteiger partial charge in [0.1, 0.15) is 23.8 Å². The number of amides is 2. The van der Waals surface area contributed by atoms with Crippen LogP contribution in [0, 0.1) is 0 Å². The standard InChI is InChI=1S/C21H26N2O5/c1-15(24)23(19-10-9-18(27-3)13-20(19)28-4)14-21(25)22-12-11-16-5-7-17(26-2)8-6-16/h5-10,13H,11-12,14H2,1-4H3,(H,22,25). The first-order valence-electron chi connectivity index (χ1n) is 8.88. The van der Waals surface area contributed by atoms with Crippen molar-refractivity contribution in [2.24, 2.45) is 0 Å². The molecular weight excluding hydrogens is 360 g/mol. The molecule has 0 aromatic heterocycles. The Morgan fingerprint density at radius 2 is 1.57 bits per heavy atom. The molecule has 2 aromatic rings. The minimum atomic E-state index is -0.256. The first kappa shape index (κ1) is 21.1. The zero-order chi connectivity index (χ0) is 20.5. The van der Waals surface area contributed by atoms with Gasteiger partial charge in [-0.25, -0.2) is 0 Å². The van der Waals surface area contributed by atoms with Crippen LogP contribution in [-0.2, 0) is 16.0 Å². The third kappa shape index (κ3) is 5.64. The Morgan fingerprint density at radius 3 is 2.14 bits per heavy atom. The van der Waals surface area contributed by atoms with Crippen LogP contribution in [0.4, 0.5) is 5.69 Å².